The van der Waals surface area contributed by atoms with Crippen molar-refractivity contribution in [3.63, 3.8) is 0 Å². The molecule has 2 rings (SSSR count). The van der Waals surface area contributed by atoms with Gasteiger partial charge in [0.2, 0.25) is 0 Å². The monoisotopic (exact) mass is 317 g/mol. The number of benzene rings is 1. The summed E-state index contributed by atoms with van der Waals surface area (Å²) in [6, 6.07) is 6.61. The first-order chi connectivity index (χ1) is 10.4. The molecule has 0 amide bonds. The van der Waals surface area contributed by atoms with Gasteiger partial charge in [-0.2, -0.15) is 8.78 Å². The molecule has 0 spiro atoms. The maximum atomic E-state index is 11.8. The van der Waals surface area contributed by atoms with E-state index in [1.165, 1.54) is 0 Å². The summed E-state index contributed by atoms with van der Waals surface area (Å²) in [6.07, 6.45) is 1.55. The van der Waals surface area contributed by atoms with Crippen molar-refractivity contribution in [3.05, 3.63) is 39.9 Å². The molecule has 1 N–H and O–H groups in total. The SMILES string of the molecule is O=[N+]([O-])C1(O)CCCC(c2ccc(OCOC(F)F)cc2)C1. The summed E-state index contributed by atoms with van der Waals surface area (Å²) in [4.78, 5) is 10.3. The summed E-state index contributed by atoms with van der Waals surface area (Å²) in [7, 11) is 0. The molecular formula is C14H17F2NO5. The number of hydrogen-bond donors (Lipinski definition) is 1. The summed E-state index contributed by atoms with van der Waals surface area (Å²) in [5, 5.41) is 20.9. The fourth-order valence-corrected chi connectivity index (χ4v) is 2.67. The van der Waals surface area contributed by atoms with Gasteiger partial charge < -0.3 is 9.84 Å². The molecule has 0 bridgehead atoms. The molecule has 1 aromatic rings. The predicted octanol–water partition coefficient (Wildman–Crippen LogP) is 2.89. The number of alkyl halides is 2. The standard InChI is InChI=1S/C14H17F2NO5/c15-13(16)22-9-21-12-5-3-10(4-6-12)11-2-1-7-14(18,8-11)17(19)20/h3-6,11,13,18H,1-2,7-9H2. The number of nitro groups is 1. The molecule has 0 aromatic heterocycles. The lowest BCUT2D eigenvalue weighted by Crippen LogP contribution is -2.42. The molecule has 1 aliphatic rings. The van der Waals surface area contributed by atoms with Crippen molar-refractivity contribution >= 4 is 0 Å². The summed E-state index contributed by atoms with van der Waals surface area (Å²) in [6.45, 7) is -3.44. The molecule has 1 aromatic carbocycles. The lowest BCUT2D eigenvalue weighted by molar-refractivity contribution is -0.630. The van der Waals surface area contributed by atoms with E-state index in [1.807, 2.05) is 0 Å². The molecule has 2 atom stereocenters. The van der Waals surface area contributed by atoms with Gasteiger partial charge in [-0.15, -0.1) is 0 Å². The van der Waals surface area contributed by atoms with Gasteiger partial charge in [0.1, 0.15) is 5.75 Å². The van der Waals surface area contributed by atoms with Gasteiger partial charge >= 0.3 is 12.3 Å². The quantitative estimate of drug-likeness (QED) is 0.495. The van der Waals surface area contributed by atoms with Crippen molar-refractivity contribution in [1.82, 2.24) is 0 Å². The van der Waals surface area contributed by atoms with Crippen LogP contribution in [-0.4, -0.2) is 29.2 Å². The molecule has 1 fully saturated rings. The smallest absolute Gasteiger partial charge is 0.348 e. The second-order valence-electron chi connectivity index (χ2n) is 5.29. The van der Waals surface area contributed by atoms with Crippen molar-refractivity contribution in [1.29, 1.82) is 0 Å². The van der Waals surface area contributed by atoms with Gasteiger partial charge in [0.25, 0.3) is 0 Å². The van der Waals surface area contributed by atoms with E-state index in [0.29, 0.717) is 12.2 Å². The Balaban J connectivity index is 1.96. The van der Waals surface area contributed by atoms with Crippen LogP contribution in [0.15, 0.2) is 24.3 Å². The number of aliphatic hydroxyl groups is 1. The van der Waals surface area contributed by atoms with Crippen LogP contribution in [0, 0.1) is 10.1 Å². The maximum Gasteiger partial charge on any atom is 0.348 e. The third-order valence-electron chi connectivity index (χ3n) is 3.81. The van der Waals surface area contributed by atoms with E-state index >= 15 is 0 Å². The molecular weight excluding hydrogens is 300 g/mol. The van der Waals surface area contributed by atoms with Crippen molar-refractivity contribution in [3.8, 4) is 5.75 Å². The summed E-state index contributed by atoms with van der Waals surface area (Å²) < 4.78 is 32.6. The minimum atomic E-state index is -2.89. The molecule has 2 unspecified atom stereocenters. The lowest BCUT2D eigenvalue weighted by Gasteiger charge is -2.30. The first-order valence-electron chi connectivity index (χ1n) is 6.90. The van der Waals surface area contributed by atoms with Crippen molar-refractivity contribution in [2.45, 2.75) is 43.9 Å². The summed E-state index contributed by atoms with van der Waals surface area (Å²) in [5.74, 6) is 0.250. The fourth-order valence-electron chi connectivity index (χ4n) is 2.67. The highest BCUT2D eigenvalue weighted by molar-refractivity contribution is 5.29. The van der Waals surface area contributed by atoms with Crippen LogP contribution >= 0.6 is 0 Å². The molecule has 1 aliphatic carbocycles. The van der Waals surface area contributed by atoms with Crippen LogP contribution in [0.4, 0.5) is 8.78 Å². The van der Waals surface area contributed by atoms with Crippen molar-refractivity contribution < 1.29 is 28.3 Å². The zero-order valence-corrected chi connectivity index (χ0v) is 11.8. The first kappa shape index (κ1) is 16.6. The molecule has 0 heterocycles. The third kappa shape index (κ3) is 4.11. The molecule has 0 saturated heterocycles. The Morgan fingerprint density at radius 2 is 2.09 bits per heavy atom. The largest absolute Gasteiger partial charge is 0.467 e. The average Bonchev–Trinajstić information content (AvgIpc) is 2.47. The van der Waals surface area contributed by atoms with E-state index in [0.717, 1.165) is 12.0 Å². The van der Waals surface area contributed by atoms with Gasteiger partial charge in [-0.25, -0.2) is 0 Å². The normalized spacial score (nSPS) is 25.2. The van der Waals surface area contributed by atoms with Crippen LogP contribution in [0.2, 0.25) is 0 Å². The number of nitrogens with zero attached hydrogens (tertiary/aromatic N) is 1. The van der Waals surface area contributed by atoms with Gasteiger partial charge in [0, 0.05) is 6.42 Å². The molecule has 0 aliphatic heterocycles. The second kappa shape index (κ2) is 6.97. The van der Waals surface area contributed by atoms with E-state index in [9.17, 15) is 24.0 Å². The topological polar surface area (TPSA) is 81.8 Å². The maximum absolute atomic E-state index is 11.8. The van der Waals surface area contributed by atoms with Gasteiger partial charge in [0.05, 0.1) is 11.3 Å². The average molecular weight is 317 g/mol. The lowest BCUT2D eigenvalue weighted by atomic mass is 9.79. The number of ether oxygens (including phenoxy) is 2. The Morgan fingerprint density at radius 3 is 2.68 bits per heavy atom. The van der Waals surface area contributed by atoms with Gasteiger partial charge in [-0.3, -0.25) is 14.9 Å². The summed E-state index contributed by atoms with van der Waals surface area (Å²) >= 11 is 0. The predicted molar refractivity (Wildman–Crippen MR) is 72.2 cm³/mol. The number of hydrogen-bond acceptors (Lipinski definition) is 5. The Morgan fingerprint density at radius 1 is 1.41 bits per heavy atom. The molecule has 22 heavy (non-hydrogen) atoms. The van der Waals surface area contributed by atoms with Gasteiger partial charge in [-0.1, -0.05) is 12.1 Å². The van der Waals surface area contributed by atoms with Gasteiger partial charge in [-0.05, 0) is 36.5 Å². The zero-order valence-electron chi connectivity index (χ0n) is 11.8. The van der Waals surface area contributed by atoms with Crippen LogP contribution < -0.4 is 4.74 Å². The molecule has 8 heteroatoms. The number of rotatable bonds is 6. The highest BCUT2D eigenvalue weighted by Gasteiger charge is 2.45. The minimum absolute atomic E-state index is 0.0642. The molecule has 6 nitrogen and oxygen atoms in total. The molecule has 122 valence electrons. The Kier molecular flexibility index (Phi) is 5.25. The van der Waals surface area contributed by atoms with E-state index in [4.69, 9.17) is 4.74 Å². The van der Waals surface area contributed by atoms with Crippen LogP contribution in [0.5, 0.6) is 5.75 Å². The Hall–Kier alpha value is -1.80. The Bertz CT molecular complexity index is 510. The molecule has 1 saturated carbocycles. The van der Waals surface area contributed by atoms with Crippen LogP contribution in [0.3, 0.4) is 0 Å². The highest BCUT2D eigenvalue weighted by atomic mass is 19.3. The zero-order chi connectivity index (χ0) is 16.2. The van der Waals surface area contributed by atoms with E-state index in [1.54, 1.807) is 24.3 Å². The minimum Gasteiger partial charge on any atom is -0.467 e. The van der Waals surface area contributed by atoms with E-state index in [-0.39, 0.29) is 18.8 Å². The van der Waals surface area contributed by atoms with Crippen molar-refractivity contribution in [2.75, 3.05) is 6.79 Å². The van der Waals surface area contributed by atoms with Gasteiger partial charge in [0.15, 0.2) is 6.79 Å². The van der Waals surface area contributed by atoms with E-state index < -0.39 is 24.1 Å². The van der Waals surface area contributed by atoms with E-state index in [2.05, 4.69) is 4.74 Å². The third-order valence-corrected chi connectivity index (χ3v) is 3.81. The second-order valence-corrected chi connectivity index (χ2v) is 5.29. The summed E-state index contributed by atoms with van der Waals surface area (Å²) in [5.41, 5.74) is -1.02. The highest BCUT2D eigenvalue weighted by Crippen LogP contribution is 2.39. The Labute approximate surface area is 125 Å². The van der Waals surface area contributed by atoms with Crippen LogP contribution in [0.1, 0.15) is 37.2 Å². The van der Waals surface area contributed by atoms with Crippen molar-refractivity contribution in [2.24, 2.45) is 0 Å². The van der Waals surface area contributed by atoms with Crippen LogP contribution in [0.25, 0.3) is 0 Å². The number of halogens is 2. The van der Waals surface area contributed by atoms with Crippen LogP contribution in [-0.2, 0) is 4.74 Å². The fraction of sp³-hybridized carbons (Fsp3) is 0.571. The first-order valence-corrected chi connectivity index (χ1v) is 6.90. The molecule has 0 radical (unpaired) electrons.